The van der Waals surface area contributed by atoms with Gasteiger partial charge in [-0.25, -0.2) is 4.40 Å². The molecule has 1 aromatic rings. The monoisotopic (exact) mass is 195 g/mol. The number of rotatable bonds is 2. The van der Waals surface area contributed by atoms with Crippen LogP contribution in [-0.2, 0) is 0 Å². The maximum absolute atomic E-state index is 4.20. The van der Waals surface area contributed by atoms with E-state index in [0.717, 1.165) is 5.69 Å². The maximum atomic E-state index is 4.20. The van der Waals surface area contributed by atoms with Gasteiger partial charge in [-0.05, 0) is 32.7 Å². The van der Waals surface area contributed by atoms with Gasteiger partial charge < -0.3 is 0 Å². The molecule has 1 rings (SSSR count). The molecule has 0 N–H and O–H groups in total. The van der Waals surface area contributed by atoms with Gasteiger partial charge in [0.15, 0.2) is 0 Å². The fourth-order valence-electron chi connectivity index (χ4n) is 0.616. The van der Waals surface area contributed by atoms with Gasteiger partial charge in [0.05, 0.1) is 12.4 Å². The van der Waals surface area contributed by atoms with Crippen molar-refractivity contribution in [1.29, 1.82) is 0 Å². The summed E-state index contributed by atoms with van der Waals surface area (Å²) in [6.07, 6.45) is 6.72. The van der Waals surface area contributed by atoms with Crippen LogP contribution in [0.2, 0.25) is 0 Å². The zero-order chi connectivity index (χ0) is 9.73. The zero-order valence-electron chi connectivity index (χ0n) is 8.06. The lowest BCUT2D eigenvalue weighted by molar-refractivity contribution is 0.804. The van der Waals surface area contributed by atoms with Crippen LogP contribution in [0.1, 0.15) is 26.5 Å². The molecular formula is C9H13N3S. The van der Waals surface area contributed by atoms with Crippen molar-refractivity contribution < 1.29 is 0 Å². The molecular weight excluding hydrogens is 182 g/mol. The van der Waals surface area contributed by atoms with Crippen molar-refractivity contribution in [1.82, 2.24) is 9.97 Å². The summed E-state index contributed by atoms with van der Waals surface area (Å²) in [5.74, 6) is 0. The first kappa shape index (κ1) is 10.2. The van der Waals surface area contributed by atoms with Crippen LogP contribution < -0.4 is 0 Å². The Labute approximate surface area is 82.8 Å². The molecule has 4 heteroatoms. The fourth-order valence-corrected chi connectivity index (χ4v) is 1.09. The SMILES string of the molecule is CC(C)(C)SN=Cc1cnccn1. The van der Waals surface area contributed by atoms with E-state index >= 15 is 0 Å². The molecule has 0 spiro atoms. The van der Waals surface area contributed by atoms with Gasteiger partial charge in [0.2, 0.25) is 0 Å². The molecule has 0 amide bonds. The van der Waals surface area contributed by atoms with Gasteiger partial charge in [-0.15, -0.1) is 0 Å². The van der Waals surface area contributed by atoms with E-state index in [1.54, 1.807) is 24.8 Å². The Hall–Kier alpha value is -0.900. The molecule has 0 atom stereocenters. The Morgan fingerprint density at radius 1 is 1.38 bits per heavy atom. The van der Waals surface area contributed by atoms with Crippen molar-refractivity contribution in [2.75, 3.05) is 0 Å². The molecule has 70 valence electrons. The van der Waals surface area contributed by atoms with Gasteiger partial charge in [0.25, 0.3) is 0 Å². The molecule has 13 heavy (non-hydrogen) atoms. The van der Waals surface area contributed by atoms with Crippen LogP contribution in [0.15, 0.2) is 23.0 Å². The summed E-state index contributed by atoms with van der Waals surface area (Å²) in [4.78, 5) is 8.01. The first-order valence-corrected chi connectivity index (χ1v) is 4.83. The molecule has 0 aliphatic carbocycles. The van der Waals surface area contributed by atoms with E-state index in [1.807, 2.05) is 0 Å². The van der Waals surface area contributed by atoms with Gasteiger partial charge in [0, 0.05) is 17.1 Å². The van der Waals surface area contributed by atoms with Gasteiger partial charge in [-0.1, -0.05) is 0 Å². The van der Waals surface area contributed by atoms with E-state index in [1.165, 1.54) is 11.9 Å². The molecule has 0 unspecified atom stereocenters. The molecule has 0 aliphatic heterocycles. The average Bonchev–Trinajstić information content (AvgIpc) is 2.04. The highest BCUT2D eigenvalue weighted by Gasteiger charge is 2.08. The van der Waals surface area contributed by atoms with Crippen LogP contribution >= 0.6 is 11.9 Å². The van der Waals surface area contributed by atoms with Crippen LogP contribution in [-0.4, -0.2) is 20.9 Å². The van der Waals surface area contributed by atoms with Crippen LogP contribution in [0, 0.1) is 0 Å². The van der Waals surface area contributed by atoms with Gasteiger partial charge in [-0.2, -0.15) is 0 Å². The molecule has 1 aromatic heterocycles. The lowest BCUT2D eigenvalue weighted by Gasteiger charge is -2.11. The van der Waals surface area contributed by atoms with E-state index < -0.39 is 0 Å². The second-order valence-corrected chi connectivity index (χ2v) is 5.19. The van der Waals surface area contributed by atoms with Crippen molar-refractivity contribution in [3.63, 3.8) is 0 Å². The van der Waals surface area contributed by atoms with Crippen molar-refractivity contribution in [3.05, 3.63) is 24.3 Å². The third-order valence-corrected chi connectivity index (χ3v) is 1.85. The zero-order valence-corrected chi connectivity index (χ0v) is 8.88. The van der Waals surface area contributed by atoms with Crippen molar-refractivity contribution in [2.24, 2.45) is 4.40 Å². The summed E-state index contributed by atoms with van der Waals surface area (Å²) in [5.41, 5.74) is 0.791. The fraction of sp³-hybridized carbons (Fsp3) is 0.444. The molecule has 0 aromatic carbocycles. The van der Waals surface area contributed by atoms with Crippen LogP contribution in [0.3, 0.4) is 0 Å². The molecule has 3 nitrogen and oxygen atoms in total. The Balaban J connectivity index is 2.51. The lowest BCUT2D eigenvalue weighted by Crippen LogP contribution is -2.05. The minimum Gasteiger partial charge on any atom is -0.261 e. The summed E-state index contributed by atoms with van der Waals surface area (Å²) >= 11 is 1.53. The number of hydrogen-bond donors (Lipinski definition) is 0. The third-order valence-electron chi connectivity index (χ3n) is 1.09. The normalized spacial score (nSPS) is 12.2. The van der Waals surface area contributed by atoms with Gasteiger partial charge in [0.1, 0.15) is 5.69 Å². The lowest BCUT2D eigenvalue weighted by atomic mass is 10.3. The highest BCUT2D eigenvalue weighted by Crippen LogP contribution is 2.23. The largest absolute Gasteiger partial charge is 0.261 e. The minimum absolute atomic E-state index is 0.151. The molecule has 0 radical (unpaired) electrons. The second-order valence-electron chi connectivity index (χ2n) is 3.57. The Morgan fingerprint density at radius 2 is 2.15 bits per heavy atom. The maximum Gasteiger partial charge on any atom is 0.100 e. The Bertz CT molecular complexity index is 277. The second kappa shape index (κ2) is 4.37. The molecule has 1 heterocycles. The molecule has 0 fully saturated rings. The highest BCUT2D eigenvalue weighted by molar-refractivity contribution is 7.99. The van der Waals surface area contributed by atoms with Gasteiger partial charge >= 0.3 is 0 Å². The summed E-state index contributed by atoms with van der Waals surface area (Å²) < 4.78 is 4.35. The van der Waals surface area contributed by atoms with Crippen LogP contribution in [0.25, 0.3) is 0 Å². The van der Waals surface area contributed by atoms with Crippen LogP contribution in [0.4, 0.5) is 0 Å². The minimum atomic E-state index is 0.151. The number of hydrogen-bond acceptors (Lipinski definition) is 4. The van der Waals surface area contributed by atoms with Crippen molar-refractivity contribution in [3.8, 4) is 0 Å². The summed E-state index contributed by atoms with van der Waals surface area (Å²) in [6.45, 7) is 6.35. The predicted octanol–water partition coefficient (Wildman–Crippen LogP) is 2.34. The van der Waals surface area contributed by atoms with E-state index in [-0.39, 0.29) is 4.75 Å². The first-order chi connectivity index (χ1) is 6.08. The van der Waals surface area contributed by atoms with Crippen LogP contribution in [0.5, 0.6) is 0 Å². The molecule has 0 aliphatic rings. The van der Waals surface area contributed by atoms with Crippen molar-refractivity contribution >= 4 is 18.2 Å². The van der Waals surface area contributed by atoms with E-state index in [9.17, 15) is 0 Å². The average molecular weight is 195 g/mol. The highest BCUT2D eigenvalue weighted by atomic mass is 32.2. The van der Waals surface area contributed by atoms with Gasteiger partial charge in [-0.3, -0.25) is 9.97 Å². The van der Waals surface area contributed by atoms with E-state index in [2.05, 4.69) is 35.1 Å². The Kier molecular flexibility index (Phi) is 3.42. The molecule has 0 bridgehead atoms. The molecule has 0 saturated heterocycles. The number of aromatic nitrogens is 2. The topological polar surface area (TPSA) is 38.1 Å². The molecule has 0 saturated carbocycles. The smallest absolute Gasteiger partial charge is 0.100 e. The Morgan fingerprint density at radius 3 is 2.69 bits per heavy atom. The predicted molar refractivity (Wildman–Crippen MR) is 57.0 cm³/mol. The standard InChI is InChI=1S/C9H13N3S/c1-9(2,3)13-12-7-8-6-10-4-5-11-8/h4-7H,1-3H3. The number of nitrogens with zero attached hydrogens (tertiary/aromatic N) is 3. The third kappa shape index (κ3) is 4.62. The quantitative estimate of drug-likeness (QED) is 0.537. The van der Waals surface area contributed by atoms with Crippen molar-refractivity contribution in [2.45, 2.75) is 25.5 Å². The van der Waals surface area contributed by atoms with E-state index in [0.29, 0.717) is 0 Å². The van der Waals surface area contributed by atoms with E-state index in [4.69, 9.17) is 0 Å². The first-order valence-electron chi connectivity index (χ1n) is 4.05. The summed E-state index contributed by atoms with van der Waals surface area (Å²) in [6, 6.07) is 0. The summed E-state index contributed by atoms with van der Waals surface area (Å²) in [5, 5.41) is 0. The summed E-state index contributed by atoms with van der Waals surface area (Å²) in [7, 11) is 0.